The molecule has 76 valence electrons. The molecule has 0 aromatic heterocycles. The van der Waals surface area contributed by atoms with E-state index in [-0.39, 0.29) is 11.4 Å². The van der Waals surface area contributed by atoms with Crippen LogP contribution in [0.1, 0.15) is 20.3 Å². The molecule has 0 amide bonds. The van der Waals surface area contributed by atoms with Crippen molar-refractivity contribution >= 4 is 5.97 Å². The number of hydrogen-bond donors (Lipinski definition) is 0. The van der Waals surface area contributed by atoms with Crippen LogP contribution in [-0.4, -0.2) is 38.1 Å². The molecule has 1 aliphatic carbocycles. The van der Waals surface area contributed by atoms with E-state index < -0.39 is 0 Å². The van der Waals surface area contributed by atoms with Crippen LogP contribution >= 0.6 is 0 Å². The van der Waals surface area contributed by atoms with E-state index in [1.165, 1.54) is 0 Å². The van der Waals surface area contributed by atoms with Crippen LogP contribution in [0.2, 0.25) is 0 Å². The smallest absolute Gasteiger partial charge is 0.313 e. The van der Waals surface area contributed by atoms with E-state index in [4.69, 9.17) is 4.74 Å². The van der Waals surface area contributed by atoms with Crippen LogP contribution in [-0.2, 0) is 9.53 Å². The molecule has 1 saturated carbocycles. The Balaban J connectivity index is 2.56. The predicted octanol–water partition coefficient (Wildman–Crippen LogP) is 1.14. The van der Waals surface area contributed by atoms with Gasteiger partial charge in [-0.05, 0) is 33.4 Å². The molecule has 2 atom stereocenters. The maximum absolute atomic E-state index is 11.6. The van der Waals surface area contributed by atoms with Gasteiger partial charge in [0.2, 0.25) is 0 Å². The lowest BCUT2D eigenvalue weighted by atomic mass is 10.0. The molecule has 1 fully saturated rings. The summed E-state index contributed by atoms with van der Waals surface area (Å²) in [5.74, 6) is 0.463. The summed E-state index contributed by atoms with van der Waals surface area (Å²) >= 11 is 0. The molecule has 3 nitrogen and oxygen atoms in total. The van der Waals surface area contributed by atoms with E-state index in [0.717, 1.165) is 13.0 Å². The standard InChI is InChI=1S/C10H19NO2/c1-5-13-9(12)10(6-8(10)2)7-11(3)4/h8H,5-7H2,1-4H3/t8-,10-/m1/s1. The van der Waals surface area contributed by atoms with E-state index in [1.54, 1.807) is 0 Å². The first kappa shape index (κ1) is 10.5. The molecule has 0 saturated heterocycles. The van der Waals surface area contributed by atoms with Crippen molar-refractivity contribution in [2.75, 3.05) is 27.2 Å². The van der Waals surface area contributed by atoms with Gasteiger partial charge in [0.25, 0.3) is 0 Å². The Morgan fingerprint density at radius 2 is 2.15 bits per heavy atom. The van der Waals surface area contributed by atoms with Gasteiger partial charge in [-0.25, -0.2) is 0 Å². The molecule has 0 heterocycles. The second kappa shape index (κ2) is 3.66. The minimum Gasteiger partial charge on any atom is -0.466 e. The summed E-state index contributed by atoms with van der Waals surface area (Å²) in [6.45, 7) is 5.27. The van der Waals surface area contributed by atoms with Gasteiger partial charge in [-0.2, -0.15) is 0 Å². The third-order valence-corrected chi connectivity index (χ3v) is 2.73. The summed E-state index contributed by atoms with van der Waals surface area (Å²) in [6.07, 6.45) is 0.976. The zero-order valence-electron chi connectivity index (χ0n) is 8.96. The quantitative estimate of drug-likeness (QED) is 0.615. The number of nitrogens with zero attached hydrogens (tertiary/aromatic N) is 1. The van der Waals surface area contributed by atoms with Crippen LogP contribution in [0.25, 0.3) is 0 Å². The third-order valence-electron chi connectivity index (χ3n) is 2.73. The second-order valence-electron chi connectivity index (χ2n) is 4.22. The summed E-state index contributed by atoms with van der Waals surface area (Å²) in [6, 6.07) is 0. The fraction of sp³-hybridized carbons (Fsp3) is 0.900. The van der Waals surface area contributed by atoms with Crippen LogP contribution < -0.4 is 0 Å². The number of carbonyl (C=O) groups excluding carboxylic acids is 1. The molecule has 0 N–H and O–H groups in total. The molecule has 3 heteroatoms. The molecule has 13 heavy (non-hydrogen) atoms. The van der Waals surface area contributed by atoms with Crippen molar-refractivity contribution in [2.45, 2.75) is 20.3 Å². The van der Waals surface area contributed by atoms with Gasteiger partial charge in [0.1, 0.15) is 0 Å². The number of carbonyl (C=O) groups is 1. The highest BCUT2D eigenvalue weighted by molar-refractivity contribution is 5.80. The van der Waals surface area contributed by atoms with Gasteiger partial charge in [-0.3, -0.25) is 4.79 Å². The number of hydrogen-bond acceptors (Lipinski definition) is 3. The van der Waals surface area contributed by atoms with Crippen molar-refractivity contribution in [1.82, 2.24) is 4.90 Å². The Bertz CT molecular complexity index is 203. The zero-order chi connectivity index (χ0) is 10.1. The minimum absolute atomic E-state index is 0.0174. The molecule has 0 radical (unpaired) electrons. The Hall–Kier alpha value is -0.570. The Labute approximate surface area is 80.1 Å². The highest BCUT2D eigenvalue weighted by Crippen LogP contribution is 2.53. The average Bonchev–Trinajstić information content (AvgIpc) is 2.62. The first-order valence-corrected chi connectivity index (χ1v) is 4.85. The zero-order valence-corrected chi connectivity index (χ0v) is 8.96. The third kappa shape index (κ3) is 2.02. The van der Waals surface area contributed by atoms with E-state index in [2.05, 4.69) is 11.8 Å². The van der Waals surface area contributed by atoms with E-state index in [0.29, 0.717) is 12.5 Å². The first-order chi connectivity index (χ1) is 6.03. The average molecular weight is 185 g/mol. The van der Waals surface area contributed by atoms with Crippen LogP contribution in [0.3, 0.4) is 0 Å². The first-order valence-electron chi connectivity index (χ1n) is 4.85. The van der Waals surface area contributed by atoms with Gasteiger partial charge >= 0.3 is 5.97 Å². The van der Waals surface area contributed by atoms with Crippen molar-refractivity contribution in [2.24, 2.45) is 11.3 Å². The van der Waals surface area contributed by atoms with E-state index in [1.807, 2.05) is 21.0 Å². The summed E-state index contributed by atoms with van der Waals surface area (Å²) < 4.78 is 5.07. The van der Waals surface area contributed by atoms with Gasteiger partial charge in [0.05, 0.1) is 12.0 Å². The molecule has 0 unspecified atom stereocenters. The largest absolute Gasteiger partial charge is 0.466 e. The van der Waals surface area contributed by atoms with Crippen LogP contribution in [0.15, 0.2) is 0 Å². The Kier molecular flexibility index (Phi) is 2.96. The lowest BCUT2D eigenvalue weighted by Gasteiger charge is -2.19. The predicted molar refractivity (Wildman–Crippen MR) is 51.4 cm³/mol. The molecule has 0 spiro atoms. The molecular weight excluding hydrogens is 166 g/mol. The number of rotatable bonds is 4. The lowest BCUT2D eigenvalue weighted by Crippen LogP contribution is -2.32. The summed E-state index contributed by atoms with van der Waals surface area (Å²) in [5, 5.41) is 0. The van der Waals surface area contributed by atoms with Crippen LogP contribution in [0.5, 0.6) is 0 Å². The van der Waals surface area contributed by atoms with Crippen LogP contribution in [0, 0.1) is 11.3 Å². The second-order valence-corrected chi connectivity index (χ2v) is 4.22. The van der Waals surface area contributed by atoms with Gasteiger partial charge in [-0.15, -0.1) is 0 Å². The van der Waals surface area contributed by atoms with Crippen molar-refractivity contribution in [3.05, 3.63) is 0 Å². The maximum Gasteiger partial charge on any atom is 0.313 e. The maximum atomic E-state index is 11.6. The fourth-order valence-corrected chi connectivity index (χ4v) is 1.90. The molecule has 1 rings (SSSR count). The topological polar surface area (TPSA) is 29.5 Å². The Morgan fingerprint density at radius 1 is 1.62 bits per heavy atom. The van der Waals surface area contributed by atoms with Crippen molar-refractivity contribution in [3.63, 3.8) is 0 Å². The monoisotopic (exact) mass is 185 g/mol. The molecular formula is C10H19NO2. The minimum atomic E-state index is -0.195. The molecule has 0 bridgehead atoms. The SMILES string of the molecule is CCOC(=O)[C@@]1(CN(C)C)C[C@H]1C. The highest BCUT2D eigenvalue weighted by Gasteiger charge is 2.58. The van der Waals surface area contributed by atoms with Crippen molar-refractivity contribution < 1.29 is 9.53 Å². The molecule has 0 aliphatic heterocycles. The number of esters is 1. The number of ether oxygens (including phenoxy) is 1. The normalized spacial score (nSPS) is 31.9. The van der Waals surface area contributed by atoms with Gasteiger partial charge in [0, 0.05) is 6.54 Å². The molecule has 0 aromatic rings. The summed E-state index contributed by atoms with van der Waals surface area (Å²) in [4.78, 5) is 13.7. The van der Waals surface area contributed by atoms with E-state index in [9.17, 15) is 4.79 Å². The van der Waals surface area contributed by atoms with Gasteiger partial charge < -0.3 is 9.64 Å². The summed E-state index contributed by atoms with van der Waals surface area (Å²) in [5.41, 5.74) is -0.195. The highest BCUT2D eigenvalue weighted by atomic mass is 16.5. The lowest BCUT2D eigenvalue weighted by molar-refractivity contribution is -0.150. The summed E-state index contributed by atoms with van der Waals surface area (Å²) in [7, 11) is 3.98. The molecule has 0 aromatic carbocycles. The van der Waals surface area contributed by atoms with Gasteiger partial charge in [0.15, 0.2) is 0 Å². The fourth-order valence-electron chi connectivity index (χ4n) is 1.90. The van der Waals surface area contributed by atoms with Crippen molar-refractivity contribution in [1.29, 1.82) is 0 Å². The van der Waals surface area contributed by atoms with Crippen molar-refractivity contribution in [3.8, 4) is 0 Å². The van der Waals surface area contributed by atoms with E-state index >= 15 is 0 Å². The molecule has 1 aliphatic rings. The van der Waals surface area contributed by atoms with Crippen LogP contribution in [0.4, 0.5) is 0 Å². The Morgan fingerprint density at radius 3 is 2.46 bits per heavy atom. The van der Waals surface area contributed by atoms with Gasteiger partial charge in [-0.1, -0.05) is 6.92 Å².